The number of rotatable bonds is 2. The van der Waals surface area contributed by atoms with Crippen LogP contribution in [-0.2, 0) is 4.79 Å². The molecule has 0 fully saturated rings. The fraction of sp³-hybridized carbons (Fsp3) is 0.111. The summed E-state index contributed by atoms with van der Waals surface area (Å²) in [6, 6.07) is 4.62. The van der Waals surface area contributed by atoms with Gasteiger partial charge in [-0.2, -0.15) is 5.26 Å². The van der Waals surface area contributed by atoms with E-state index in [1.807, 2.05) is 0 Å². The molecule has 0 radical (unpaired) electrons. The van der Waals surface area contributed by atoms with Crippen molar-refractivity contribution in [2.75, 3.05) is 0 Å². The van der Waals surface area contributed by atoms with E-state index in [-0.39, 0.29) is 11.1 Å². The highest BCUT2D eigenvalue weighted by Crippen LogP contribution is 2.16. The Morgan fingerprint density at radius 3 is 2.71 bits per heavy atom. The molecule has 72 valence electrons. The van der Waals surface area contributed by atoms with E-state index in [4.69, 9.17) is 15.5 Å². The summed E-state index contributed by atoms with van der Waals surface area (Å²) in [4.78, 5) is 10.4. The first kappa shape index (κ1) is 10.2. The minimum absolute atomic E-state index is 0.0181. The van der Waals surface area contributed by atoms with Crippen molar-refractivity contribution in [1.82, 2.24) is 0 Å². The zero-order valence-corrected chi connectivity index (χ0v) is 6.94. The highest BCUT2D eigenvalue weighted by molar-refractivity contribution is 5.74. The van der Waals surface area contributed by atoms with Crippen LogP contribution >= 0.6 is 0 Å². The van der Waals surface area contributed by atoms with Gasteiger partial charge in [-0.05, 0) is 17.7 Å². The van der Waals surface area contributed by atoms with Crippen molar-refractivity contribution >= 4 is 5.97 Å². The maximum Gasteiger partial charge on any atom is 0.337 e. The third-order valence-corrected chi connectivity index (χ3v) is 1.66. The summed E-state index contributed by atoms with van der Waals surface area (Å²) < 4.78 is 12.8. The van der Waals surface area contributed by atoms with Crippen molar-refractivity contribution in [3.05, 3.63) is 35.1 Å². The number of carbonyl (C=O) groups is 1. The van der Waals surface area contributed by atoms with Crippen molar-refractivity contribution < 1.29 is 19.4 Å². The van der Waals surface area contributed by atoms with Crippen molar-refractivity contribution in [3.63, 3.8) is 0 Å². The molecule has 0 saturated heterocycles. The Balaban J connectivity index is 3.14. The quantitative estimate of drug-likeness (QED) is 0.731. The Morgan fingerprint density at radius 2 is 2.21 bits per heavy atom. The summed E-state index contributed by atoms with van der Waals surface area (Å²) in [6.07, 6.45) is -1.73. The lowest BCUT2D eigenvalue weighted by molar-refractivity contribution is -0.146. The van der Waals surface area contributed by atoms with Gasteiger partial charge in [0.2, 0.25) is 0 Å². The van der Waals surface area contributed by atoms with E-state index < -0.39 is 17.9 Å². The number of benzene rings is 1. The Bertz CT molecular complexity index is 411. The average molecular weight is 195 g/mol. The number of carboxylic acid groups (broad SMARTS) is 1. The maximum atomic E-state index is 12.8. The van der Waals surface area contributed by atoms with Crippen molar-refractivity contribution in [1.29, 1.82) is 5.26 Å². The predicted molar refractivity (Wildman–Crippen MR) is 43.7 cm³/mol. The first-order valence-corrected chi connectivity index (χ1v) is 3.66. The zero-order chi connectivity index (χ0) is 10.7. The van der Waals surface area contributed by atoms with E-state index in [0.29, 0.717) is 0 Å². The number of hydrogen-bond donors (Lipinski definition) is 2. The standard InChI is InChI=1S/C9H6FNO3/c10-7-2-1-5(3-6(7)4-11)8(12)9(13)14/h1-3,8,12H,(H,13,14). The number of aliphatic hydroxyl groups excluding tert-OH is 1. The molecule has 2 N–H and O–H groups in total. The Morgan fingerprint density at radius 1 is 1.57 bits per heavy atom. The number of aliphatic carboxylic acids is 1. The molecule has 4 nitrogen and oxygen atoms in total. The second kappa shape index (κ2) is 3.85. The zero-order valence-electron chi connectivity index (χ0n) is 6.94. The van der Waals surface area contributed by atoms with Gasteiger partial charge in [0.1, 0.15) is 11.9 Å². The van der Waals surface area contributed by atoms with Gasteiger partial charge in [0, 0.05) is 0 Å². The highest BCUT2D eigenvalue weighted by atomic mass is 19.1. The van der Waals surface area contributed by atoms with Crippen molar-refractivity contribution in [2.45, 2.75) is 6.10 Å². The molecule has 0 spiro atoms. The van der Waals surface area contributed by atoms with Crippen LogP contribution in [-0.4, -0.2) is 16.2 Å². The van der Waals surface area contributed by atoms with Crippen LogP contribution in [0, 0.1) is 17.1 Å². The Kier molecular flexibility index (Phi) is 2.79. The largest absolute Gasteiger partial charge is 0.479 e. The molecular weight excluding hydrogens is 189 g/mol. The number of halogens is 1. The van der Waals surface area contributed by atoms with E-state index in [2.05, 4.69) is 0 Å². The summed E-state index contributed by atoms with van der Waals surface area (Å²) in [7, 11) is 0. The van der Waals surface area contributed by atoms with Gasteiger partial charge in [0.25, 0.3) is 0 Å². The van der Waals surface area contributed by atoms with Gasteiger partial charge in [-0.1, -0.05) is 6.07 Å². The summed E-state index contributed by atoms with van der Waals surface area (Å²) in [5.41, 5.74) is -0.307. The lowest BCUT2D eigenvalue weighted by atomic mass is 10.1. The van der Waals surface area contributed by atoms with Gasteiger partial charge < -0.3 is 10.2 Å². The number of hydrogen-bond acceptors (Lipinski definition) is 3. The van der Waals surface area contributed by atoms with E-state index in [9.17, 15) is 9.18 Å². The van der Waals surface area contributed by atoms with E-state index >= 15 is 0 Å². The number of nitriles is 1. The van der Waals surface area contributed by atoms with Crippen LogP contribution in [0.15, 0.2) is 18.2 Å². The highest BCUT2D eigenvalue weighted by Gasteiger charge is 2.17. The normalized spacial score (nSPS) is 11.8. The molecule has 0 amide bonds. The SMILES string of the molecule is N#Cc1cc(C(O)C(=O)O)ccc1F. The molecule has 0 aliphatic carbocycles. The lowest BCUT2D eigenvalue weighted by Crippen LogP contribution is -2.10. The van der Waals surface area contributed by atoms with Crippen molar-refractivity contribution in [3.8, 4) is 6.07 Å². The number of aliphatic hydroxyl groups is 1. The van der Waals surface area contributed by atoms with Crippen LogP contribution < -0.4 is 0 Å². The monoisotopic (exact) mass is 195 g/mol. The van der Waals surface area contributed by atoms with Crippen LogP contribution in [0.25, 0.3) is 0 Å². The van der Waals surface area contributed by atoms with Gasteiger partial charge in [0.15, 0.2) is 6.10 Å². The molecule has 1 atom stereocenters. The molecular formula is C9H6FNO3. The van der Waals surface area contributed by atoms with Gasteiger partial charge in [-0.25, -0.2) is 9.18 Å². The smallest absolute Gasteiger partial charge is 0.337 e. The van der Waals surface area contributed by atoms with Crippen LogP contribution in [0.5, 0.6) is 0 Å². The molecule has 0 bridgehead atoms. The summed E-state index contributed by atoms with van der Waals surface area (Å²) in [6.45, 7) is 0. The summed E-state index contributed by atoms with van der Waals surface area (Å²) in [5, 5.41) is 26.0. The molecule has 0 aliphatic rings. The Labute approximate surface area is 78.8 Å². The lowest BCUT2D eigenvalue weighted by Gasteiger charge is -2.05. The summed E-state index contributed by atoms with van der Waals surface area (Å²) in [5.74, 6) is -2.19. The molecule has 14 heavy (non-hydrogen) atoms. The van der Waals surface area contributed by atoms with E-state index in [1.54, 1.807) is 6.07 Å². The molecule has 1 rings (SSSR count). The predicted octanol–water partition coefficient (Wildman–Crippen LogP) is 0.815. The van der Waals surface area contributed by atoms with Crippen LogP contribution in [0.3, 0.4) is 0 Å². The topological polar surface area (TPSA) is 81.3 Å². The van der Waals surface area contributed by atoms with E-state index in [1.165, 1.54) is 0 Å². The van der Waals surface area contributed by atoms with Crippen LogP contribution in [0.1, 0.15) is 17.2 Å². The van der Waals surface area contributed by atoms with Gasteiger partial charge in [0.05, 0.1) is 5.56 Å². The molecule has 0 heterocycles. The third kappa shape index (κ3) is 1.87. The van der Waals surface area contributed by atoms with Gasteiger partial charge in [-0.15, -0.1) is 0 Å². The second-order valence-electron chi connectivity index (χ2n) is 2.59. The fourth-order valence-corrected chi connectivity index (χ4v) is 0.941. The van der Waals surface area contributed by atoms with Crippen molar-refractivity contribution in [2.24, 2.45) is 0 Å². The minimum Gasteiger partial charge on any atom is -0.479 e. The van der Waals surface area contributed by atoms with E-state index in [0.717, 1.165) is 18.2 Å². The maximum absolute atomic E-state index is 12.8. The number of nitrogens with zero attached hydrogens (tertiary/aromatic N) is 1. The molecule has 0 aromatic heterocycles. The van der Waals surface area contributed by atoms with Gasteiger partial charge >= 0.3 is 5.97 Å². The van der Waals surface area contributed by atoms with Crippen LogP contribution in [0.4, 0.5) is 4.39 Å². The Hall–Kier alpha value is -1.93. The average Bonchev–Trinajstić information content (AvgIpc) is 2.17. The first-order valence-electron chi connectivity index (χ1n) is 3.66. The fourth-order valence-electron chi connectivity index (χ4n) is 0.941. The molecule has 0 saturated carbocycles. The van der Waals surface area contributed by atoms with Crippen LogP contribution in [0.2, 0.25) is 0 Å². The first-order chi connectivity index (χ1) is 6.56. The molecule has 0 aliphatic heterocycles. The third-order valence-electron chi connectivity index (χ3n) is 1.66. The molecule has 1 unspecified atom stereocenters. The summed E-state index contributed by atoms with van der Waals surface area (Å²) >= 11 is 0. The molecule has 1 aromatic carbocycles. The number of carboxylic acids is 1. The second-order valence-corrected chi connectivity index (χ2v) is 2.59. The molecule has 5 heteroatoms. The van der Waals surface area contributed by atoms with Gasteiger partial charge in [-0.3, -0.25) is 0 Å². The minimum atomic E-state index is -1.73. The molecule has 1 aromatic rings.